The van der Waals surface area contributed by atoms with Crippen LogP contribution in [0.3, 0.4) is 0 Å². The average Bonchev–Trinajstić information content (AvgIpc) is 3.17. The molecule has 0 saturated carbocycles. The lowest BCUT2D eigenvalue weighted by Crippen LogP contribution is -2.37. The van der Waals surface area contributed by atoms with E-state index in [-0.39, 0.29) is 0 Å². The van der Waals surface area contributed by atoms with Crippen molar-refractivity contribution in [2.24, 2.45) is 0 Å². The maximum Gasteiger partial charge on any atom is 0.0775 e. The predicted octanol–water partition coefficient (Wildman–Crippen LogP) is 8.45. The van der Waals surface area contributed by atoms with Gasteiger partial charge in [-0.15, -0.1) is 11.3 Å². The molecule has 5 rings (SSSR count). The van der Waals surface area contributed by atoms with Crippen molar-refractivity contribution < 1.29 is 0 Å². The molecule has 0 atom stereocenters. The molecule has 0 aliphatic heterocycles. The molecule has 1 nitrogen and oxygen atoms in total. The summed E-state index contributed by atoms with van der Waals surface area (Å²) in [5.41, 5.74) is 6.24. The largest absolute Gasteiger partial charge is 0.256 e. The van der Waals surface area contributed by atoms with Gasteiger partial charge in [-0.25, -0.2) is 0 Å². The second-order valence-electron chi connectivity index (χ2n) is 9.92. The number of benzene rings is 3. The molecular weight excluding hydrogens is 422 g/mol. The van der Waals surface area contributed by atoms with Crippen molar-refractivity contribution in [1.29, 1.82) is 0 Å². The molecule has 0 fully saturated rings. The number of hydrogen-bond donors (Lipinski definition) is 0. The number of nitrogens with zero attached hydrogens (tertiary/aromatic N) is 1. The Balaban J connectivity index is 1.70. The Hall–Kier alpha value is -2.75. The van der Waals surface area contributed by atoms with E-state index >= 15 is 0 Å². The third kappa shape index (κ3) is 3.70. The summed E-state index contributed by atoms with van der Waals surface area (Å²) in [6.07, 6.45) is 1.95. The highest BCUT2D eigenvalue weighted by molar-refractivity contribution is 7.26. The molecule has 0 amide bonds. The zero-order valence-corrected chi connectivity index (χ0v) is 21.3. The molecule has 3 heteroatoms. The van der Waals surface area contributed by atoms with Crippen molar-refractivity contribution in [3.05, 3.63) is 84.6 Å². The molecule has 0 N–H and O–H groups in total. The number of fused-ring (bicyclic) bond motifs is 3. The fraction of sp³-hybridized carbons (Fsp3) is 0.207. The Labute approximate surface area is 195 Å². The van der Waals surface area contributed by atoms with Crippen LogP contribution >= 0.6 is 11.3 Å². The Morgan fingerprint density at radius 3 is 2.00 bits per heavy atom. The van der Waals surface area contributed by atoms with Gasteiger partial charge in [0.1, 0.15) is 0 Å². The molecule has 0 radical (unpaired) electrons. The van der Waals surface area contributed by atoms with Gasteiger partial charge in [-0.05, 0) is 34.7 Å². The van der Waals surface area contributed by atoms with E-state index in [1.165, 1.54) is 47.6 Å². The van der Waals surface area contributed by atoms with Crippen LogP contribution < -0.4 is 5.19 Å². The van der Waals surface area contributed by atoms with E-state index in [0.717, 1.165) is 5.69 Å². The zero-order chi connectivity index (χ0) is 22.5. The Morgan fingerprint density at radius 2 is 1.38 bits per heavy atom. The van der Waals surface area contributed by atoms with Crippen LogP contribution in [0.4, 0.5) is 0 Å². The van der Waals surface area contributed by atoms with Gasteiger partial charge in [0.2, 0.25) is 0 Å². The van der Waals surface area contributed by atoms with E-state index in [0.29, 0.717) is 5.92 Å². The van der Waals surface area contributed by atoms with Gasteiger partial charge in [0.15, 0.2) is 0 Å². The van der Waals surface area contributed by atoms with Crippen molar-refractivity contribution in [1.82, 2.24) is 4.98 Å². The van der Waals surface area contributed by atoms with Crippen molar-refractivity contribution in [3.8, 4) is 22.4 Å². The minimum absolute atomic E-state index is 0.490. The Bertz CT molecular complexity index is 1420. The van der Waals surface area contributed by atoms with E-state index in [2.05, 4.69) is 106 Å². The molecule has 5 aromatic rings. The first-order chi connectivity index (χ1) is 15.3. The monoisotopic (exact) mass is 451 g/mol. The van der Waals surface area contributed by atoms with Crippen molar-refractivity contribution in [2.75, 3.05) is 0 Å². The zero-order valence-electron chi connectivity index (χ0n) is 19.4. The van der Waals surface area contributed by atoms with Gasteiger partial charge in [-0.2, -0.15) is 0 Å². The summed E-state index contributed by atoms with van der Waals surface area (Å²) >= 11 is 1.90. The molecule has 0 spiro atoms. The van der Waals surface area contributed by atoms with Crippen LogP contribution in [0.25, 0.3) is 42.6 Å². The predicted molar refractivity (Wildman–Crippen MR) is 145 cm³/mol. The number of hydrogen-bond acceptors (Lipinski definition) is 2. The smallest absolute Gasteiger partial charge is 0.0775 e. The molecule has 0 unspecified atom stereocenters. The number of thiophene rings is 1. The summed E-state index contributed by atoms with van der Waals surface area (Å²) < 4.78 is 2.68. The minimum Gasteiger partial charge on any atom is -0.256 e. The molecule has 3 aromatic carbocycles. The van der Waals surface area contributed by atoms with Crippen LogP contribution in [0.5, 0.6) is 0 Å². The van der Waals surface area contributed by atoms with Crippen molar-refractivity contribution in [2.45, 2.75) is 39.4 Å². The Kier molecular flexibility index (Phi) is 5.27. The lowest BCUT2D eigenvalue weighted by molar-refractivity contribution is 0.864. The van der Waals surface area contributed by atoms with Gasteiger partial charge in [-0.3, -0.25) is 4.98 Å². The summed E-state index contributed by atoms with van der Waals surface area (Å²) in [6.45, 7) is 11.7. The quantitative estimate of drug-likeness (QED) is 0.250. The molecule has 0 aliphatic carbocycles. The third-order valence-corrected chi connectivity index (χ3v) is 9.67. The highest BCUT2D eigenvalue weighted by Crippen LogP contribution is 2.43. The summed E-state index contributed by atoms with van der Waals surface area (Å²) in [5, 5.41) is 4.15. The molecule has 2 heterocycles. The molecule has 160 valence electrons. The molecular formula is C29H29NSSi. The highest BCUT2D eigenvalue weighted by atomic mass is 32.1. The summed E-state index contributed by atoms with van der Waals surface area (Å²) in [6, 6.07) is 27.0. The van der Waals surface area contributed by atoms with Crippen LogP contribution in [-0.2, 0) is 0 Å². The van der Waals surface area contributed by atoms with Crippen LogP contribution in [0.2, 0.25) is 19.6 Å². The van der Waals surface area contributed by atoms with Gasteiger partial charge < -0.3 is 0 Å². The van der Waals surface area contributed by atoms with Gasteiger partial charge in [0, 0.05) is 31.9 Å². The van der Waals surface area contributed by atoms with E-state index < -0.39 is 8.07 Å². The second kappa shape index (κ2) is 7.98. The van der Waals surface area contributed by atoms with Crippen molar-refractivity contribution >= 4 is 44.8 Å². The fourth-order valence-electron chi connectivity index (χ4n) is 4.35. The van der Waals surface area contributed by atoms with E-state index in [4.69, 9.17) is 4.98 Å². The van der Waals surface area contributed by atoms with E-state index in [9.17, 15) is 0 Å². The van der Waals surface area contributed by atoms with Crippen LogP contribution in [-0.4, -0.2) is 13.1 Å². The minimum atomic E-state index is -1.30. The SMILES string of the molecule is CC(C)c1ccnc(-c2cccc3c2sc2c(-c4ccc([Si](C)(C)C)cc4)cccc23)c1. The normalized spacial score (nSPS) is 12.2. The Morgan fingerprint density at radius 1 is 0.750 bits per heavy atom. The van der Waals surface area contributed by atoms with Crippen LogP contribution in [0.15, 0.2) is 79.0 Å². The number of pyridine rings is 1. The van der Waals surface area contributed by atoms with Gasteiger partial charge in [0.05, 0.1) is 13.8 Å². The van der Waals surface area contributed by atoms with Crippen LogP contribution in [0, 0.1) is 0 Å². The molecule has 2 aromatic heterocycles. The number of aromatic nitrogens is 1. The molecule has 32 heavy (non-hydrogen) atoms. The lowest BCUT2D eigenvalue weighted by atomic mass is 9.99. The van der Waals surface area contributed by atoms with Gasteiger partial charge >= 0.3 is 0 Å². The standard InChI is InChI=1S/C29H29NSSi/c1-19(2)21-16-17-30-27(18-21)26-11-7-10-25-24-9-6-8-23(28(24)31-29(25)26)20-12-14-22(15-13-20)32(3,4)5/h6-19H,1-5H3. The van der Waals surface area contributed by atoms with E-state index in [1.54, 1.807) is 0 Å². The molecule has 0 bridgehead atoms. The topological polar surface area (TPSA) is 12.9 Å². The first kappa shape index (κ1) is 21.1. The third-order valence-electron chi connectivity index (χ3n) is 6.31. The lowest BCUT2D eigenvalue weighted by Gasteiger charge is -2.17. The van der Waals surface area contributed by atoms with E-state index in [1.807, 2.05) is 17.5 Å². The maximum atomic E-state index is 4.74. The highest BCUT2D eigenvalue weighted by Gasteiger charge is 2.17. The van der Waals surface area contributed by atoms with Crippen LogP contribution in [0.1, 0.15) is 25.3 Å². The molecule has 0 aliphatic rings. The van der Waals surface area contributed by atoms with Gasteiger partial charge in [-0.1, -0.05) is 99.3 Å². The van der Waals surface area contributed by atoms with Gasteiger partial charge in [0.25, 0.3) is 0 Å². The number of rotatable bonds is 4. The summed E-state index contributed by atoms with van der Waals surface area (Å²) in [5.74, 6) is 0.490. The fourth-order valence-corrected chi connectivity index (χ4v) is 6.88. The molecule has 0 saturated heterocycles. The first-order valence-corrected chi connectivity index (χ1v) is 15.7. The second-order valence-corrected chi connectivity index (χ2v) is 16.0. The summed E-state index contributed by atoms with van der Waals surface area (Å²) in [4.78, 5) is 4.74. The first-order valence-electron chi connectivity index (χ1n) is 11.3. The summed E-state index contributed by atoms with van der Waals surface area (Å²) in [7, 11) is -1.30. The maximum absolute atomic E-state index is 4.74. The van der Waals surface area contributed by atoms with Crippen molar-refractivity contribution in [3.63, 3.8) is 0 Å². The average molecular weight is 452 g/mol.